The molecule has 0 aliphatic heterocycles. The molecule has 1 saturated carbocycles. The molecule has 0 amide bonds. The van der Waals surface area contributed by atoms with E-state index in [4.69, 9.17) is 0 Å². The van der Waals surface area contributed by atoms with Gasteiger partial charge in [-0.25, -0.2) is 4.98 Å². The fourth-order valence-corrected chi connectivity index (χ4v) is 1.84. The van der Waals surface area contributed by atoms with Gasteiger partial charge in [-0.05, 0) is 19.3 Å². The Bertz CT molecular complexity index is 208. The van der Waals surface area contributed by atoms with Crippen molar-refractivity contribution in [2.45, 2.75) is 38.1 Å². The first-order valence-corrected chi connectivity index (χ1v) is 4.77. The topological polar surface area (TPSA) is 17.8 Å². The number of imidazole rings is 1. The van der Waals surface area contributed by atoms with Gasteiger partial charge in [-0.3, -0.25) is 0 Å². The second-order valence-corrected chi connectivity index (χ2v) is 3.45. The molecular weight excluding hydrogens is 148 g/mol. The standard InChI is InChI=1S/C10H15N2/c1-2-4-6-10(5-3-1)12-8-7-11-9-12/h5,7-10H,1-4,6H2. The van der Waals surface area contributed by atoms with E-state index in [1.54, 1.807) is 0 Å². The van der Waals surface area contributed by atoms with Crippen molar-refractivity contribution in [1.82, 2.24) is 9.55 Å². The summed E-state index contributed by atoms with van der Waals surface area (Å²) in [6.07, 6.45) is 14.9. The lowest BCUT2D eigenvalue weighted by Gasteiger charge is -2.14. The first-order valence-electron chi connectivity index (χ1n) is 4.77. The predicted molar refractivity (Wildman–Crippen MR) is 48.6 cm³/mol. The molecule has 1 unspecified atom stereocenters. The molecule has 1 atom stereocenters. The zero-order valence-corrected chi connectivity index (χ0v) is 7.32. The monoisotopic (exact) mass is 163 g/mol. The molecular formula is C10H15N2. The molecule has 1 radical (unpaired) electrons. The first-order chi connectivity index (χ1) is 5.97. The van der Waals surface area contributed by atoms with E-state index in [0.29, 0.717) is 6.04 Å². The lowest BCUT2D eigenvalue weighted by atomic mass is 10.1. The third kappa shape index (κ3) is 1.68. The van der Waals surface area contributed by atoms with Crippen molar-refractivity contribution in [3.8, 4) is 0 Å². The Labute approximate surface area is 73.6 Å². The minimum Gasteiger partial charge on any atom is -0.334 e. The smallest absolute Gasteiger partial charge is 0.0948 e. The van der Waals surface area contributed by atoms with Gasteiger partial charge in [-0.2, -0.15) is 0 Å². The highest BCUT2D eigenvalue weighted by atomic mass is 15.0. The van der Waals surface area contributed by atoms with Crippen LogP contribution in [0.15, 0.2) is 18.7 Å². The first kappa shape index (κ1) is 7.84. The lowest BCUT2D eigenvalue weighted by molar-refractivity contribution is 0.517. The zero-order valence-electron chi connectivity index (χ0n) is 7.32. The van der Waals surface area contributed by atoms with Gasteiger partial charge in [0.2, 0.25) is 0 Å². The molecule has 1 aromatic rings. The summed E-state index contributed by atoms with van der Waals surface area (Å²) < 4.78 is 2.21. The quantitative estimate of drug-likeness (QED) is 0.582. The fraction of sp³-hybridized carbons (Fsp3) is 0.600. The van der Waals surface area contributed by atoms with Gasteiger partial charge in [0.1, 0.15) is 0 Å². The van der Waals surface area contributed by atoms with E-state index in [-0.39, 0.29) is 0 Å². The highest BCUT2D eigenvalue weighted by Crippen LogP contribution is 2.25. The number of hydrogen-bond donors (Lipinski definition) is 0. The van der Waals surface area contributed by atoms with Crippen molar-refractivity contribution in [3.05, 3.63) is 25.1 Å². The van der Waals surface area contributed by atoms with Crippen molar-refractivity contribution >= 4 is 0 Å². The molecule has 0 spiro atoms. The third-order valence-corrected chi connectivity index (χ3v) is 2.55. The molecule has 1 heterocycles. The minimum absolute atomic E-state index is 0.606. The average Bonchev–Trinajstić information content (AvgIpc) is 2.48. The Morgan fingerprint density at radius 2 is 2.25 bits per heavy atom. The van der Waals surface area contributed by atoms with E-state index in [1.165, 1.54) is 32.1 Å². The Kier molecular flexibility index (Phi) is 2.45. The van der Waals surface area contributed by atoms with Gasteiger partial charge in [-0.15, -0.1) is 0 Å². The number of aromatic nitrogens is 2. The van der Waals surface area contributed by atoms with Gasteiger partial charge < -0.3 is 4.57 Å². The van der Waals surface area contributed by atoms with E-state index in [0.717, 1.165) is 0 Å². The molecule has 0 aromatic carbocycles. The van der Waals surface area contributed by atoms with E-state index in [1.807, 2.05) is 12.5 Å². The molecule has 2 rings (SSSR count). The van der Waals surface area contributed by atoms with Gasteiger partial charge in [-0.1, -0.05) is 19.3 Å². The number of hydrogen-bond acceptors (Lipinski definition) is 1. The molecule has 1 fully saturated rings. The van der Waals surface area contributed by atoms with Crippen LogP contribution in [-0.2, 0) is 0 Å². The highest BCUT2D eigenvalue weighted by Gasteiger charge is 2.12. The molecule has 2 nitrogen and oxygen atoms in total. The van der Waals surface area contributed by atoms with Gasteiger partial charge in [0.25, 0.3) is 0 Å². The van der Waals surface area contributed by atoms with Gasteiger partial charge in [0.15, 0.2) is 0 Å². The summed E-state index contributed by atoms with van der Waals surface area (Å²) in [6.45, 7) is 0. The summed E-state index contributed by atoms with van der Waals surface area (Å²) in [5.41, 5.74) is 0. The molecule has 65 valence electrons. The Morgan fingerprint density at radius 1 is 1.25 bits per heavy atom. The summed E-state index contributed by atoms with van der Waals surface area (Å²) in [5, 5.41) is 0. The predicted octanol–water partition coefficient (Wildman–Crippen LogP) is 2.59. The van der Waals surface area contributed by atoms with Crippen LogP contribution in [0.4, 0.5) is 0 Å². The molecule has 0 saturated heterocycles. The van der Waals surface area contributed by atoms with Gasteiger partial charge >= 0.3 is 0 Å². The number of rotatable bonds is 1. The molecule has 2 heteroatoms. The number of nitrogens with zero attached hydrogens (tertiary/aromatic N) is 2. The molecule has 1 aliphatic rings. The maximum absolute atomic E-state index is 4.07. The lowest BCUT2D eigenvalue weighted by Crippen LogP contribution is -2.05. The van der Waals surface area contributed by atoms with Gasteiger partial charge in [0, 0.05) is 18.4 Å². The van der Waals surface area contributed by atoms with E-state index >= 15 is 0 Å². The maximum atomic E-state index is 4.07. The van der Waals surface area contributed by atoms with Crippen LogP contribution in [0, 0.1) is 6.42 Å². The average molecular weight is 163 g/mol. The summed E-state index contributed by atoms with van der Waals surface area (Å²) in [4.78, 5) is 4.07. The van der Waals surface area contributed by atoms with E-state index in [9.17, 15) is 0 Å². The van der Waals surface area contributed by atoms with Crippen molar-refractivity contribution < 1.29 is 0 Å². The van der Waals surface area contributed by atoms with E-state index < -0.39 is 0 Å². The van der Waals surface area contributed by atoms with Crippen molar-refractivity contribution in [1.29, 1.82) is 0 Å². The second kappa shape index (κ2) is 3.74. The van der Waals surface area contributed by atoms with E-state index in [2.05, 4.69) is 22.2 Å². The van der Waals surface area contributed by atoms with Crippen LogP contribution in [0.2, 0.25) is 0 Å². The zero-order chi connectivity index (χ0) is 8.23. The summed E-state index contributed by atoms with van der Waals surface area (Å²) in [5.74, 6) is 0. The van der Waals surface area contributed by atoms with Crippen molar-refractivity contribution in [3.63, 3.8) is 0 Å². The Hall–Kier alpha value is -0.790. The van der Waals surface area contributed by atoms with Crippen LogP contribution in [0.3, 0.4) is 0 Å². The third-order valence-electron chi connectivity index (χ3n) is 2.55. The van der Waals surface area contributed by atoms with Crippen molar-refractivity contribution in [2.24, 2.45) is 0 Å². The second-order valence-electron chi connectivity index (χ2n) is 3.45. The molecule has 1 aromatic heterocycles. The largest absolute Gasteiger partial charge is 0.334 e. The van der Waals surface area contributed by atoms with Crippen molar-refractivity contribution in [2.75, 3.05) is 0 Å². The van der Waals surface area contributed by atoms with Crippen LogP contribution in [0.25, 0.3) is 0 Å². The highest BCUT2D eigenvalue weighted by molar-refractivity contribution is 4.89. The SMILES string of the molecule is [CH]1CCCCCC1n1ccnc1. The molecule has 0 N–H and O–H groups in total. The van der Waals surface area contributed by atoms with Crippen LogP contribution in [-0.4, -0.2) is 9.55 Å². The van der Waals surface area contributed by atoms with Crippen LogP contribution >= 0.6 is 0 Å². The Balaban J connectivity index is 2.02. The normalized spacial score (nSPS) is 20.7. The fourth-order valence-electron chi connectivity index (χ4n) is 1.84. The summed E-state index contributed by atoms with van der Waals surface area (Å²) in [7, 11) is 0. The summed E-state index contributed by atoms with van der Waals surface area (Å²) in [6, 6.07) is 0.606. The molecule has 1 aliphatic carbocycles. The molecule has 0 bridgehead atoms. The van der Waals surface area contributed by atoms with Crippen LogP contribution < -0.4 is 0 Å². The minimum atomic E-state index is 0.606. The Morgan fingerprint density at radius 3 is 3.08 bits per heavy atom. The van der Waals surface area contributed by atoms with Crippen LogP contribution in [0.1, 0.15) is 38.1 Å². The van der Waals surface area contributed by atoms with Crippen LogP contribution in [0.5, 0.6) is 0 Å². The maximum Gasteiger partial charge on any atom is 0.0948 e. The summed E-state index contributed by atoms with van der Waals surface area (Å²) >= 11 is 0. The van der Waals surface area contributed by atoms with Gasteiger partial charge in [0.05, 0.1) is 6.33 Å². The molecule has 12 heavy (non-hydrogen) atoms.